The number of rotatable bonds is 5. The lowest BCUT2D eigenvalue weighted by molar-refractivity contribution is 0.102. The number of nitrogens with zero attached hydrogens (tertiary/aromatic N) is 4. The normalized spacial score (nSPS) is 15.9. The number of carbonyl (C=O) groups excluding carboxylic acids is 1. The van der Waals surface area contributed by atoms with E-state index in [1.807, 2.05) is 49.2 Å². The summed E-state index contributed by atoms with van der Waals surface area (Å²) >= 11 is 0. The number of para-hydroxylation sites is 1. The number of aromatic nitrogens is 2. The van der Waals surface area contributed by atoms with Crippen LogP contribution in [0.2, 0.25) is 0 Å². The molecule has 1 aliphatic heterocycles. The third kappa shape index (κ3) is 5.14. The van der Waals surface area contributed by atoms with Crippen molar-refractivity contribution in [1.82, 2.24) is 14.7 Å². The van der Waals surface area contributed by atoms with Crippen LogP contribution in [0.3, 0.4) is 0 Å². The van der Waals surface area contributed by atoms with Crippen LogP contribution in [0.5, 0.6) is 0 Å². The molecule has 0 aliphatic carbocycles. The Balaban J connectivity index is 1.55. The Labute approximate surface area is 194 Å². The fourth-order valence-electron chi connectivity index (χ4n) is 3.83. The van der Waals surface area contributed by atoms with Gasteiger partial charge in [0.05, 0.1) is 28.0 Å². The molecular weight excluding hydrogens is 438 g/mol. The number of amidine groups is 1. The van der Waals surface area contributed by atoms with Gasteiger partial charge >= 0.3 is 0 Å². The molecule has 172 valence electrons. The van der Waals surface area contributed by atoms with Gasteiger partial charge in [0, 0.05) is 25.7 Å². The fourth-order valence-corrected chi connectivity index (χ4v) is 4.97. The minimum absolute atomic E-state index is 0.0437. The Bertz CT molecular complexity index is 1280. The van der Waals surface area contributed by atoms with Gasteiger partial charge in [-0.3, -0.25) is 4.79 Å². The lowest BCUT2D eigenvalue weighted by Crippen LogP contribution is -2.26. The van der Waals surface area contributed by atoms with Crippen LogP contribution >= 0.6 is 0 Å². The Morgan fingerprint density at radius 1 is 1.06 bits per heavy atom. The molecule has 2 heterocycles. The van der Waals surface area contributed by atoms with Crippen molar-refractivity contribution in [1.29, 1.82) is 0 Å². The molecule has 0 radical (unpaired) electrons. The first kappa shape index (κ1) is 22.7. The van der Waals surface area contributed by atoms with Crippen molar-refractivity contribution in [3.05, 3.63) is 72.1 Å². The minimum Gasteiger partial charge on any atom is -0.362 e. The van der Waals surface area contributed by atoms with Crippen LogP contribution in [0.1, 0.15) is 41.7 Å². The van der Waals surface area contributed by atoms with Gasteiger partial charge in [0.15, 0.2) is 0 Å². The number of likely N-dealkylation sites (tertiary alicyclic amines) is 1. The summed E-state index contributed by atoms with van der Waals surface area (Å²) in [4.78, 5) is 14.8. The predicted octanol–water partition coefficient (Wildman–Crippen LogP) is 4.03. The summed E-state index contributed by atoms with van der Waals surface area (Å²) in [5.74, 6) is 0.213. The molecule has 1 saturated heterocycles. The van der Waals surface area contributed by atoms with E-state index in [2.05, 4.69) is 14.8 Å². The maximum Gasteiger partial charge on any atom is 0.284 e. The maximum atomic E-state index is 12.9. The third-order valence-corrected chi connectivity index (χ3v) is 7.01. The highest BCUT2D eigenvalue weighted by Gasteiger charge is 2.20. The molecule has 0 spiro atoms. The highest BCUT2D eigenvalue weighted by Crippen LogP contribution is 2.21. The molecule has 4 rings (SSSR count). The predicted molar refractivity (Wildman–Crippen MR) is 128 cm³/mol. The molecule has 0 unspecified atom stereocenters. The minimum atomic E-state index is -3.89. The fraction of sp³-hybridized carbons (Fsp3) is 0.292. The lowest BCUT2D eigenvalue weighted by Gasteiger charge is -2.17. The molecule has 33 heavy (non-hydrogen) atoms. The number of benzene rings is 2. The molecule has 1 aromatic heterocycles. The summed E-state index contributed by atoms with van der Waals surface area (Å²) in [5.41, 5.74) is 2.32. The van der Waals surface area contributed by atoms with Crippen LogP contribution < -0.4 is 5.32 Å². The van der Waals surface area contributed by atoms with Gasteiger partial charge in [-0.1, -0.05) is 30.7 Å². The first-order chi connectivity index (χ1) is 15.8. The van der Waals surface area contributed by atoms with E-state index < -0.39 is 10.0 Å². The monoisotopic (exact) mass is 465 g/mol. The Kier molecular flexibility index (Phi) is 6.60. The molecule has 1 amide bonds. The van der Waals surface area contributed by atoms with Crippen molar-refractivity contribution in [3.63, 3.8) is 0 Å². The van der Waals surface area contributed by atoms with Crippen molar-refractivity contribution in [3.8, 4) is 5.69 Å². The summed E-state index contributed by atoms with van der Waals surface area (Å²) in [6, 6.07) is 15.7. The first-order valence-corrected chi connectivity index (χ1v) is 12.4. The Hall–Kier alpha value is -3.46. The van der Waals surface area contributed by atoms with Crippen molar-refractivity contribution in [2.75, 3.05) is 18.9 Å². The zero-order valence-corrected chi connectivity index (χ0v) is 19.5. The van der Waals surface area contributed by atoms with Gasteiger partial charge in [-0.05, 0) is 50.1 Å². The number of sulfonamides is 1. The first-order valence-electron chi connectivity index (χ1n) is 10.9. The quantitative estimate of drug-likeness (QED) is 0.614. The van der Waals surface area contributed by atoms with E-state index in [0.29, 0.717) is 29.2 Å². The second kappa shape index (κ2) is 9.58. The van der Waals surface area contributed by atoms with Gasteiger partial charge in [0.25, 0.3) is 15.9 Å². The summed E-state index contributed by atoms with van der Waals surface area (Å²) in [7, 11) is -2.02. The molecule has 1 fully saturated rings. The second-order valence-electron chi connectivity index (χ2n) is 8.09. The van der Waals surface area contributed by atoms with Gasteiger partial charge in [0.2, 0.25) is 0 Å². The number of anilines is 1. The molecule has 1 N–H and O–H groups in total. The number of nitrogens with one attached hydrogen (secondary N) is 1. The van der Waals surface area contributed by atoms with Crippen LogP contribution in [0.15, 0.2) is 70.1 Å². The van der Waals surface area contributed by atoms with Crippen molar-refractivity contribution >= 4 is 27.5 Å². The topological polar surface area (TPSA) is 96.7 Å². The van der Waals surface area contributed by atoms with Gasteiger partial charge < -0.3 is 10.2 Å². The summed E-state index contributed by atoms with van der Waals surface area (Å²) < 4.78 is 31.7. The Morgan fingerprint density at radius 3 is 2.64 bits per heavy atom. The van der Waals surface area contributed by atoms with Crippen LogP contribution in [-0.2, 0) is 10.0 Å². The SMILES string of the molecule is Cc1c(C(=O)Nc2cccc(S(=O)(=O)/N=C3\CCCCCN3C)c2)cnn1-c1ccccc1. The number of amides is 1. The van der Waals surface area contributed by atoms with Crippen molar-refractivity contribution in [2.45, 2.75) is 37.5 Å². The zero-order valence-electron chi connectivity index (χ0n) is 18.7. The van der Waals surface area contributed by atoms with E-state index in [4.69, 9.17) is 0 Å². The van der Waals surface area contributed by atoms with Crippen molar-refractivity contribution in [2.24, 2.45) is 4.40 Å². The van der Waals surface area contributed by atoms with Crippen molar-refractivity contribution < 1.29 is 13.2 Å². The average Bonchev–Trinajstić information content (AvgIpc) is 3.08. The molecular formula is C24H27N5O3S. The summed E-state index contributed by atoms with van der Waals surface area (Å²) in [6.07, 6.45) is 5.15. The summed E-state index contributed by atoms with van der Waals surface area (Å²) in [5, 5.41) is 7.11. The van der Waals surface area contributed by atoms with E-state index >= 15 is 0 Å². The number of carbonyl (C=O) groups is 1. The molecule has 0 saturated carbocycles. The average molecular weight is 466 g/mol. The van der Waals surface area contributed by atoms with Gasteiger partial charge in [-0.15, -0.1) is 4.40 Å². The van der Waals surface area contributed by atoms with Gasteiger partial charge in [0.1, 0.15) is 5.84 Å². The molecule has 8 nitrogen and oxygen atoms in total. The zero-order chi connectivity index (χ0) is 23.4. The molecule has 0 atom stereocenters. The smallest absolute Gasteiger partial charge is 0.284 e. The maximum absolute atomic E-state index is 12.9. The van der Waals surface area contributed by atoms with E-state index in [9.17, 15) is 13.2 Å². The van der Waals surface area contributed by atoms with E-state index in [1.54, 1.807) is 16.8 Å². The van der Waals surface area contributed by atoms with Crippen LogP contribution in [0, 0.1) is 6.92 Å². The molecule has 1 aliphatic rings. The van der Waals surface area contributed by atoms with Gasteiger partial charge in [-0.25, -0.2) is 4.68 Å². The number of hydrogen-bond acceptors (Lipinski definition) is 4. The number of hydrogen-bond donors (Lipinski definition) is 1. The second-order valence-corrected chi connectivity index (χ2v) is 9.69. The largest absolute Gasteiger partial charge is 0.362 e. The highest BCUT2D eigenvalue weighted by molar-refractivity contribution is 7.90. The summed E-state index contributed by atoms with van der Waals surface area (Å²) in [6.45, 7) is 2.61. The van der Waals surface area contributed by atoms with E-state index in [1.165, 1.54) is 18.3 Å². The van der Waals surface area contributed by atoms with Crippen LogP contribution in [0.25, 0.3) is 5.69 Å². The highest BCUT2D eigenvalue weighted by atomic mass is 32.2. The van der Waals surface area contributed by atoms with Crippen LogP contribution in [0.4, 0.5) is 5.69 Å². The molecule has 2 aromatic carbocycles. The Morgan fingerprint density at radius 2 is 1.85 bits per heavy atom. The standard InChI is InChI=1S/C24H27N5O3S/c1-18-22(17-25-29(18)20-11-5-3-6-12-20)24(30)26-19-10-9-13-21(16-19)33(31,32)27-23-14-7-4-8-15-28(23)2/h3,5-6,9-13,16-17H,4,7-8,14-15H2,1-2H3,(H,26,30)/b27-23+. The third-order valence-electron chi connectivity index (χ3n) is 5.71. The molecule has 9 heteroatoms. The molecule has 0 bridgehead atoms. The van der Waals surface area contributed by atoms with Gasteiger partial charge in [-0.2, -0.15) is 13.5 Å². The molecule has 3 aromatic rings. The lowest BCUT2D eigenvalue weighted by atomic mass is 10.2. The van der Waals surface area contributed by atoms with E-state index in [0.717, 1.165) is 31.5 Å². The van der Waals surface area contributed by atoms with Crippen LogP contribution in [-0.4, -0.2) is 48.4 Å². The van der Waals surface area contributed by atoms with E-state index in [-0.39, 0.29) is 10.8 Å².